The van der Waals surface area contributed by atoms with E-state index in [0.29, 0.717) is 10.7 Å². The maximum atomic E-state index is 12.3. The first-order valence-corrected chi connectivity index (χ1v) is 8.35. The average molecular weight is 329 g/mol. The van der Waals surface area contributed by atoms with Gasteiger partial charge in [0.15, 0.2) is 4.34 Å². The summed E-state index contributed by atoms with van der Waals surface area (Å²) in [6.07, 6.45) is 6.80. The van der Waals surface area contributed by atoms with Crippen molar-refractivity contribution in [3.63, 3.8) is 0 Å². The maximum Gasteiger partial charge on any atom is 0.259 e. The molecular weight excluding hydrogens is 318 g/mol. The SMILES string of the molecule is CSc1nnc(NC(=O)c2cncc(-c3ccccn3)c2)s1. The van der Waals surface area contributed by atoms with Gasteiger partial charge in [-0.25, -0.2) is 0 Å². The maximum absolute atomic E-state index is 12.3. The number of thioether (sulfide) groups is 1. The number of nitrogens with one attached hydrogen (secondary N) is 1. The van der Waals surface area contributed by atoms with E-state index < -0.39 is 0 Å². The Bertz CT molecular complexity index is 791. The van der Waals surface area contributed by atoms with Crippen LogP contribution in [0.4, 0.5) is 5.13 Å². The third-order valence-electron chi connectivity index (χ3n) is 2.76. The molecule has 3 rings (SSSR count). The first-order chi connectivity index (χ1) is 10.8. The molecule has 0 spiro atoms. The van der Waals surface area contributed by atoms with Crippen LogP contribution >= 0.6 is 23.1 Å². The molecule has 0 aromatic carbocycles. The van der Waals surface area contributed by atoms with Gasteiger partial charge < -0.3 is 0 Å². The van der Waals surface area contributed by atoms with Crippen molar-refractivity contribution in [1.29, 1.82) is 0 Å². The van der Waals surface area contributed by atoms with Crippen LogP contribution in [0.1, 0.15) is 10.4 Å². The normalized spacial score (nSPS) is 10.4. The van der Waals surface area contributed by atoms with Crippen molar-refractivity contribution in [1.82, 2.24) is 20.2 Å². The van der Waals surface area contributed by atoms with Crippen molar-refractivity contribution in [3.8, 4) is 11.3 Å². The van der Waals surface area contributed by atoms with E-state index in [4.69, 9.17) is 0 Å². The summed E-state index contributed by atoms with van der Waals surface area (Å²) in [4.78, 5) is 20.6. The Kier molecular flexibility index (Phi) is 4.40. The second kappa shape index (κ2) is 6.63. The molecule has 0 saturated carbocycles. The lowest BCUT2D eigenvalue weighted by Gasteiger charge is -2.04. The predicted molar refractivity (Wildman–Crippen MR) is 87.1 cm³/mol. The predicted octanol–water partition coefficient (Wildman–Crippen LogP) is 2.97. The summed E-state index contributed by atoms with van der Waals surface area (Å²) in [6, 6.07) is 7.35. The highest BCUT2D eigenvalue weighted by Gasteiger charge is 2.11. The summed E-state index contributed by atoms with van der Waals surface area (Å²) in [5.41, 5.74) is 2.00. The van der Waals surface area contributed by atoms with Gasteiger partial charge >= 0.3 is 0 Å². The fraction of sp³-hybridized carbons (Fsp3) is 0.0714. The highest BCUT2D eigenvalue weighted by molar-refractivity contribution is 8.00. The van der Waals surface area contributed by atoms with Crippen LogP contribution < -0.4 is 5.32 Å². The minimum absolute atomic E-state index is 0.269. The van der Waals surface area contributed by atoms with Crippen molar-refractivity contribution in [2.45, 2.75) is 4.34 Å². The number of anilines is 1. The van der Waals surface area contributed by atoms with Crippen LogP contribution in [-0.2, 0) is 0 Å². The molecule has 1 N–H and O–H groups in total. The lowest BCUT2D eigenvalue weighted by Crippen LogP contribution is -2.12. The van der Waals surface area contributed by atoms with E-state index in [1.165, 1.54) is 29.3 Å². The van der Waals surface area contributed by atoms with Gasteiger partial charge in [-0.1, -0.05) is 29.2 Å². The van der Waals surface area contributed by atoms with Gasteiger partial charge in [0.25, 0.3) is 5.91 Å². The molecule has 0 atom stereocenters. The molecule has 0 unspecified atom stereocenters. The van der Waals surface area contributed by atoms with E-state index in [1.54, 1.807) is 18.5 Å². The van der Waals surface area contributed by atoms with Crippen LogP contribution in [0.3, 0.4) is 0 Å². The van der Waals surface area contributed by atoms with Gasteiger partial charge in [0, 0.05) is 24.2 Å². The topological polar surface area (TPSA) is 80.7 Å². The zero-order valence-electron chi connectivity index (χ0n) is 11.6. The van der Waals surface area contributed by atoms with Gasteiger partial charge in [-0.2, -0.15) is 0 Å². The summed E-state index contributed by atoms with van der Waals surface area (Å²) >= 11 is 2.82. The van der Waals surface area contributed by atoms with Crippen LogP contribution in [0, 0.1) is 0 Å². The number of nitrogens with zero attached hydrogens (tertiary/aromatic N) is 4. The monoisotopic (exact) mass is 329 g/mol. The highest BCUT2D eigenvalue weighted by Crippen LogP contribution is 2.24. The Hall–Kier alpha value is -2.32. The molecule has 0 fully saturated rings. The first kappa shape index (κ1) is 14.6. The second-order valence-electron chi connectivity index (χ2n) is 4.21. The molecule has 0 aliphatic heterocycles. The quantitative estimate of drug-likeness (QED) is 0.585. The number of hydrogen-bond acceptors (Lipinski definition) is 7. The van der Waals surface area contributed by atoms with Gasteiger partial charge in [0.2, 0.25) is 5.13 Å². The van der Waals surface area contributed by atoms with Gasteiger partial charge in [0.1, 0.15) is 0 Å². The molecule has 0 saturated heterocycles. The molecule has 6 nitrogen and oxygen atoms in total. The molecule has 22 heavy (non-hydrogen) atoms. The largest absolute Gasteiger partial charge is 0.296 e. The van der Waals surface area contributed by atoms with Crippen LogP contribution in [0.2, 0.25) is 0 Å². The molecule has 8 heteroatoms. The summed E-state index contributed by atoms with van der Waals surface area (Å²) in [5.74, 6) is -0.269. The lowest BCUT2D eigenvalue weighted by atomic mass is 10.1. The number of hydrogen-bond donors (Lipinski definition) is 1. The minimum atomic E-state index is -0.269. The molecule has 0 aliphatic rings. The van der Waals surface area contributed by atoms with E-state index >= 15 is 0 Å². The van der Waals surface area contributed by atoms with Gasteiger partial charge in [0.05, 0.1) is 11.3 Å². The fourth-order valence-electron chi connectivity index (χ4n) is 1.75. The van der Waals surface area contributed by atoms with E-state index in [1.807, 2.05) is 24.5 Å². The van der Waals surface area contributed by atoms with Crippen molar-refractivity contribution in [3.05, 3.63) is 48.4 Å². The molecular formula is C14H11N5OS2. The lowest BCUT2D eigenvalue weighted by molar-refractivity contribution is 0.102. The zero-order chi connectivity index (χ0) is 15.4. The minimum Gasteiger partial charge on any atom is -0.296 e. The van der Waals surface area contributed by atoms with Crippen molar-refractivity contribution in [2.75, 3.05) is 11.6 Å². The van der Waals surface area contributed by atoms with Gasteiger partial charge in [-0.3, -0.25) is 20.1 Å². The van der Waals surface area contributed by atoms with Gasteiger partial charge in [-0.15, -0.1) is 10.2 Å². The Morgan fingerprint density at radius 3 is 2.91 bits per heavy atom. The molecule has 1 amide bonds. The molecule has 0 radical (unpaired) electrons. The molecule has 0 aliphatic carbocycles. The summed E-state index contributed by atoms with van der Waals surface area (Å²) in [6.45, 7) is 0. The molecule has 0 bridgehead atoms. The second-order valence-corrected chi connectivity index (χ2v) is 6.24. The molecule has 110 valence electrons. The Labute approximate surface area is 135 Å². The van der Waals surface area contributed by atoms with Crippen LogP contribution in [0.25, 0.3) is 11.3 Å². The summed E-state index contributed by atoms with van der Waals surface area (Å²) in [5, 5.41) is 11.0. The first-order valence-electron chi connectivity index (χ1n) is 6.31. The summed E-state index contributed by atoms with van der Waals surface area (Å²) < 4.78 is 0.802. The van der Waals surface area contributed by atoms with Gasteiger partial charge in [-0.05, 0) is 24.5 Å². The Morgan fingerprint density at radius 2 is 2.18 bits per heavy atom. The number of rotatable bonds is 4. The third-order valence-corrected chi connectivity index (χ3v) is 4.58. The van der Waals surface area contributed by atoms with Crippen molar-refractivity contribution in [2.24, 2.45) is 0 Å². The van der Waals surface area contributed by atoms with E-state index in [2.05, 4.69) is 25.5 Å². The zero-order valence-corrected chi connectivity index (χ0v) is 13.2. The van der Waals surface area contributed by atoms with Crippen LogP contribution in [-0.4, -0.2) is 32.3 Å². The Morgan fingerprint density at radius 1 is 1.27 bits per heavy atom. The van der Waals surface area contributed by atoms with E-state index in [-0.39, 0.29) is 5.91 Å². The fourth-order valence-corrected chi connectivity index (χ4v) is 2.91. The van der Waals surface area contributed by atoms with Crippen molar-refractivity contribution < 1.29 is 4.79 Å². The van der Waals surface area contributed by atoms with Crippen molar-refractivity contribution >= 4 is 34.1 Å². The van der Waals surface area contributed by atoms with E-state index in [9.17, 15) is 4.79 Å². The number of carbonyl (C=O) groups is 1. The third kappa shape index (κ3) is 3.29. The number of amides is 1. The smallest absolute Gasteiger partial charge is 0.259 e. The Balaban J connectivity index is 1.81. The number of carbonyl (C=O) groups excluding carboxylic acids is 1. The number of aromatic nitrogens is 4. The molecule has 3 aromatic rings. The van der Waals surface area contributed by atoms with E-state index in [0.717, 1.165) is 15.6 Å². The van der Waals surface area contributed by atoms with Crippen LogP contribution in [0.5, 0.6) is 0 Å². The molecule has 3 heterocycles. The summed E-state index contributed by atoms with van der Waals surface area (Å²) in [7, 11) is 0. The number of pyridine rings is 2. The molecule has 3 aromatic heterocycles. The highest BCUT2D eigenvalue weighted by atomic mass is 32.2. The van der Waals surface area contributed by atoms with Crippen LogP contribution in [0.15, 0.2) is 47.2 Å². The average Bonchev–Trinajstić information content (AvgIpc) is 3.03. The standard InChI is InChI=1S/C14H11N5OS2/c1-21-14-19-18-13(22-14)17-12(20)10-6-9(7-15-8-10)11-4-2-3-5-16-11/h2-8H,1H3,(H,17,18,20).